The summed E-state index contributed by atoms with van der Waals surface area (Å²) in [5.41, 5.74) is 6.73. The number of aliphatic hydroxyl groups is 3. The maximum Gasteiger partial charge on any atom is 0.217 e. The number of hydrogen-bond acceptors (Lipinski definition) is 7. The Morgan fingerprint density at radius 3 is 2.52 bits per heavy atom. The highest BCUT2D eigenvalue weighted by molar-refractivity contribution is 7.99. The number of benzene rings is 1. The normalized spacial score (nSPS) is 30.9. The highest BCUT2D eigenvalue weighted by Crippen LogP contribution is 2.30. The van der Waals surface area contributed by atoms with Crippen molar-refractivity contribution in [3.63, 3.8) is 0 Å². The molecule has 1 fully saturated rings. The number of hydrogen-bond donors (Lipinski definition) is 5. The molecule has 5 atom stereocenters. The van der Waals surface area contributed by atoms with Crippen LogP contribution in [0.25, 0.3) is 0 Å². The number of carbonyl (C=O) groups is 1. The Bertz CT molecular complexity index is 527. The maximum atomic E-state index is 11.3. The lowest BCUT2D eigenvalue weighted by atomic mass is 9.98. The summed E-state index contributed by atoms with van der Waals surface area (Å²) in [4.78, 5) is 11.3. The molecule has 0 spiro atoms. The summed E-state index contributed by atoms with van der Waals surface area (Å²) in [5, 5.41) is 32.0. The van der Waals surface area contributed by atoms with E-state index in [9.17, 15) is 20.1 Å². The van der Waals surface area contributed by atoms with Gasteiger partial charge in [0.05, 0.1) is 12.6 Å². The van der Waals surface area contributed by atoms with E-state index in [2.05, 4.69) is 5.32 Å². The van der Waals surface area contributed by atoms with Gasteiger partial charge in [-0.05, 0) is 17.7 Å². The third-order valence-corrected chi connectivity index (χ3v) is 4.88. The zero-order valence-corrected chi connectivity index (χ0v) is 13.6. The lowest BCUT2D eigenvalue weighted by Gasteiger charge is -2.42. The van der Waals surface area contributed by atoms with Crippen LogP contribution >= 0.6 is 11.8 Å². The zero-order chi connectivity index (χ0) is 17.0. The topological polar surface area (TPSA) is 125 Å². The van der Waals surface area contributed by atoms with E-state index < -0.39 is 36.4 Å². The monoisotopic (exact) mass is 342 g/mol. The fourth-order valence-corrected chi connectivity index (χ4v) is 3.61. The van der Waals surface area contributed by atoms with Crippen molar-refractivity contribution in [1.29, 1.82) is 0 Å². The molecule has 1 aromatic carbocycles. The Hall–Kier alpha value is -1.32. The third-order valence-electron chi connectivity index (χ3n) is 3.64. The smallest absolute Gasteiger partial charge is 0.217 e. The first kappa shape index (κ1) is 18.0. The van der Waals surface area contributed by atoms with Crippen LogP contribution in [0.3, 0.4) is 0 Å². The van der Waals surface area contributed by atoms with Crippen LogP contribution in [0.1, 0.15) is 12.5 Å². The minimum Gasteiger partial charge on any atom is -0.399 e. The summed E-state index contributed by atoms with van der Waals surface area (Å²) in [6.07, 6.45) is -3.36. The quantitative estimate of drug-likeness (QED) is 0.455. The second-order valence-electron chi connectivity index (χ2n) is 5.49. The van der Waals surface area contributed by atoms with Gasteiger partial charge >= 0.3 is 0 Å². The van der Waals surface area contributed by atoms with Crippen molar-refractivity contribution >= 4 is 23.4 Å². The molecule has 6 N–H and O–H groups in total. The molecule has 128 valence electrons. The van der Waals surface area contributed by atoms with Crippen LogP contribution < -0.4 is 11.1 Å². The van der Waals surface area contributed by atoms with Gasteiger partial charge < -0.3 is 31.1 Å². The Morgan fingerprint density at radius 1 is 1.30 bits per heavy atom. The second kappa shape index (κ2) is 7.98. The van der Waals surface area contributed by atoms with E-state index in [4.69, 9.17) is 10.5 Å². The summed E-state index contributed by atoms with van der Waals surface area (Å²) in [6, 6.07) is 6.58. The number of nitrogens with one attached hydrogen (secondary N) is 1. The van der Waals surface area contributed by atoms with Gasteiger partial charge in [-0.1, -0.05) is 12.1 Å². The molecule has 2 rings (SSSR count). The molecule has 1 heterocycles. The van der Waals surface area contributed by atoms with Gasteiger partial charge in [0.2, 0.25) is 5.91 Å². The summed E-state index contributed by atoms with van der Waals surface area (Å²) < 4.78 is 5.64. The van der Waals surface area contributed by atoms with Gasteiger partial charge in [-0.25, -0.2) is 0 Å². The van der Waals surface area contributed by atoms with Crippen LogP contribution in [0, 0.1) is 0 Å². The first-order valence-electron chi connectivity index (χ1n) is 7.28. The predicted molar refractivity (Wildman–Crippen MR) is 87.5 cm³/mol. The average molecular weight is 342 g/mol. The molecule has 23 heavy (non-hydrogen) atoms. The standard InChI is InChI=1S/C15H22N2O5S/c1-8(19)17-12-14(21)13(20)11(6-18)22-15(12)23-7-9-2-4-10(16)5-3-9/h2-5,11-15,18,20-21H,6-7,16H2,1H3,(H,17,19)/t11-,12-,13-,14-,15+/m1/s1. The fourth-order valence-electron chi connectivity index (χ4n) is 2.41. The van der Waals surface area contributed by atoms with Crippen molar-refractivity contribution in [3.05, 3.63) is 29.8 Å². The molecule has 1 amide bonds. The molecular weight excluding hydrogens is 320 g/mol. The Labute approximate surface area is 138 Å². The summed E-state index contributed by atoms with van der Waals surface area (Å²) in [7, 11) is 0. The number of aliphatic hydroxyl groups excluding tert-OH is 3. The molecule has 0 unspecified atom stereocenters. The molecule has 0 aliphatic carbocycles. The van der Waals surface area contributed by atoms with Gasteiger partial charge in [-0.2, -0.15) is 0 Å². The minimum absolute atomic E-state index is 0.328. The van der Waals surface area contributed by atoms with E-state index in [1.54, 1.807) is 12.1 Å². The van der Waals surface area contributed by atoms with Crippen LogP contribution in [0.5, 0.6) is 0 Å². The average Bonchev–Trinajstić information content (AvgIpc) is 2.52. The van der Waals surface area contributed by atoms with Crippen LogP contribution in [0.4, 0.5) is 5.69 Å². The summed E-state index contributed by atoms with van der Waals surface area (Å²) in [6.45, 7) is 0.920. The SMILES string of the molecule is CC(=O)N[C@@H]1[C@@H](O)[C@H](O)[C@@H](CO)O[C@H]1SCc1ccc(N)cc1. The largest absolute Gasteiger partial charge is 0.399 e. The predicted octanol–water partition coefficient (Wildman–Crippen LogP) is -0.554. The fraction of sp³-hybridized carbons (Fsp3) is 0.533. The van der Waals surface area contributed by atoms with E-state index in [1.807, 2.05) is 12.1 Å². The van der Waals surface area contributed by atoms with E-state index in [-0.39, 0.29) is 5.91 Å². The van der Waals surface area contributed by atoms with Crippen molar-refractivity contribution in [3.8, 4) is 0 Å². The molecule has 1 aliphatic rings. The number of ether oxygens (including phenoxy) is 1. The number of nitrogens with two attached hydrogens (primary N) is 1. The molecule has 0 bridgehead atoms. The van der Waals surface area contributed by atoms with Crippen LogP contribution in [0.2, 0.25) is 0 Å². The molecule has 7 nitrogen and oxygen atoms in total. The first-order chi connectivity index (χ1) is 10.9. The number of anilines is 1. The van der Waals surface area contributed by atoms with Crippen LogP contribution in [0.15, 0.2) is 24.3 Å². The summed E-state index contributed by atoms with van der Waals surface area (Å²) in [5.74, 6) is 0.243. The van der Waals surface area contributed by atoms with E-state index >= 15 is 0 Å². The van der Waals surface area contributed by atoms with Gasteiger partial charge in [-0.15, -0.1) is 11.8 Å². The number of thioether (sulfide) groups is 1. The van der Waals surface area contributed by atoms with Crippen molar-refractivity contribution in [2.45, 2.75) is 42.5 Å². The van der Waals surface area contributed by atoms with E-state index in [1.165, 1.54) is 18.7 Å². The Kier molecular flexibility index (Phi) is 6.25. The Morgan fingerprint density at radius 2 is 1.96 bits per heavy atom. The lowest BCUT2D eigenvalue weighted by Crippen LogP contribution is -2.63. The van der Waals surface area contributed by atoms with E-state index in [0.717, 1.165) is 5.56 Å². The number of rotatable bonds is 5. The lowest BCUT2D eigenvalue weighted by molar-refractivity contribution is -0.173. The van der Waals surface area contributed by atoms with Crippen LogP contribution in [-0.4, -0.2) is 57.6 Å². The maximum absolute atomic E-state index is 11.3. The van der Waals surface area contributed by atoms with Gasteiger partial charge in [0, 0.05) is 18.4 Å². The number of amides is 1. The zero-order valence-electron chi connectivity index (χ0n) is 12.8. The second-order valence-corrected chi connectivity index (χ2v) is 6.57. The molecule has 1 saturated heterocycles. The van der Waals surface area contributed by atoms with Gasteiger partial charge in [-0.3, -0.25) is 4.79 Å². The first-order valence-corrected chi connectivity index (χ1v) is 8.33. The molecule has 0 radical (unpaired) electrons. The van der Waals surface area contributed by atoms with E-state index in [0.29, 0.717) is 11.4 Å². The van der Waals surface area contributed by atoms with Gasteiger partial charge in [0.15, 0.2) is 0 Å². The molecule has 8 heteroatoms. The van der Waals surface area contributed by atoms with Gasteiger partial charge in [0.1, 0.15) is 23.7 Å². The number of nitrogen functional groups attached to an aromatic ring is 1. The third kappa shape index (κ3) is 4.58. The molecule has 0 saturated carbocycles. The molecule has 1 aliphatic heterocycles. The van der Waals surface area contributed by atoms with Crippen LogP contribution in [-0.2, 0) is 15.3 Å². The summed E-state index contributed by atoms with van der Waals surface area (Å²) >= 11 is 1.37. The van der Waals surface area contributed by atoms with Crippen molar-refractivity contribution in [2.24, 2.45) is 0 Å². The van der Waals surface area contributed by atoms with Crippen molar-refractivity contribution in [2.75, 3.05) is 12.3 Å². The minimum atomic E-state index is -1.26. The molecular formula is C15H22N2O5S. The highest BCUT2D eigenvalue weighted by atomic mass is 32.2. The molecule has 1 aromatic rings. The Balaban J connectivity index is 2.07. The van der Waals surface area contributed by atoms with Crippen molar-refractivity contribution < 1.29 is 24.9 Å². The number of carbonyl (C=O) groups excluding carboxylic acids is 1. The van der Waals surface area contributed by atoms with Gasteiger partial charge in [0.25, 0.3) is 0 Å². The molecule has 0 aromatic heterocycles. The highest BCUT2D eigenvalue weighted by Gasteiger charge is 2.44. The van der Waals surface area contributed by atoms with Crippen molar-refractivity contribution in [1.82, 2.24) is 5.32 Å².